The van der Waals surface area contributed by atoms with Gasteiger partial charge in [0.25, 0.3) is 5.91 Å². The predicted octanol–water partition coefficient (Wildman–Crippen LogP) is 3.08. The molecule has 0 aromatic heterocycles. The highest BCUT2D eigenvalue weighted by molar-refractivity contribution is 8.24. The molecule has 1 heterocycles. The van der Waals surface area contributed by atoms with E-state index in [0.29, 0.717) is 10.9 Å². The molecule has 7 heteroatoms. The van der Waals surface area contributed by atoms with E-state index in [2.05, 4.69) is 5.32 Å². The Hall–Kier alpha value is -2.25. The summed E-state index contributed by atoms with van der Waals surface area (Å²) in [4.78, 5) is 12.7. The molecule has 124 valence electrons. The lowest BCUT2D eigenvalue weighted by Crippen LogP contribution is -2.45. The fourth-order valence-electron chi connectivity index (χ4n) is 2.40. The van der Waals surface area contributed by atoms with Crippen LogP contribution in [0, 0.1) is 0 Å². The highest BCUT2D eigenvalue weighted by Gasteiger charge is 2.39. The first-order valence-electron chi connectivity index (χ1n) is 7.42. The Morgan fingerprint density at radius 3 is 2.54 bits per heavy atom. The zero-order valence-corrected chi connectivity index (χ0v) is 14.7. The van der Waals surface area contributed by atoms with Crippen molar-refractivity contribution in [1.82, 2.24) is 5.01 Å². The van der Waals surface area contributed by atoms with E-state index in [1.807, 2.05) is 37.4 Å². The number of amides is 1. The van der Waals surface area contributed by atoms with Crippen LogP contribution in [0.1, 0.15) is 0 Å². The zero-order valence-electron chi connectivity index (χ0n) is 13.0. The lowest BCUT2D eigenvalue weighted by Gasteiger charge is -2.29. The number of benzene rings is 2. The first-order chi connectivity index (χ1) is 11.6. The van der Waals surface area contributed by atoms with Crippen molar-refractivity contribution in [2.24, 2.45) is 0 Å². The van der Waals surface area contributed by atoms with E-state index < -0.39 is 0 Å². The fourth-order valence-corrected chi connectivity index (χ4v) is 3.88. The van der Waals surface area contributed by atoms with Gasteiger partial charge in [0.1, 0.15) is 11.0 Å². The van der Waals surface area contributed by atoms with Crippen molar-refractivity contribution in [3.05, 3.63) is 54.6 Å². The third kappa shape index (κ3) is 3.47. The maximum Gasteiger partial charge on any atom is 0.262 e. The molecule has 2 aromatic carbocycles. The molecule has 1 saturated heterocycles. The number of nitrogens with one attached hydrogen (secondary N) is 1. The largest absolute Gasteiger partial charge is 0.508 e. The molecule has 1 aliphatic rings. The second kappa shape index (κ2) is 7.11. The summed E-state index contributed by atoms with van der Waals surface area (Å²) in [6.07, 6.45) is 0. The Bertz CT molecular complexity index is 737. The van der Waals surface area contributed by atoms with E-state index in [0.717, 1.165) is 11.4 Å². The van der Waals surface area contributed by atoms with Crippen LogP contribution in [-0.2, 0) is 4.79 Å². The minimum Gasteiger partial charge on any atom is -0.508 e. The summed E-state index contributed by atoms with van der Waals surface area (Å²) in [5.74, 6) is 0.173. The molecule has 3 rings (SSSR count). The van der Waals surface area contributed by atoms with Crippen molar-refractivity contribution < 1.29 is 9.90 Å². The summed E-state index contributed by atoms with van der Waals surface area (Å²) >= 11 is 6.77. The number of thiocarbonyl (C=S) groups is 1. The molecule has 1 unspecified atom stereocenters. The smallest absolute Gasteiger partial charge is 0.262 e. The average molecular weight is 359 g/mol. The van der Waals surface area contributed by atoms with Crippen molar-refractivity contribution in [2.45, 2.75) is 5.25 Å². The lowest BCUT2D eigenvalue weighted by atomic mass is 10.3. The van der Waals surface area contributed by atoms with Crippen LogP contribution in [0.4, 0.5) is 11.4 Å². The summed E-state index contributed by atoms with van der Waals surface area (Å²) in [7, 11) is 1.83. The Morgan fingerprint density at radius 2 is 1.88 bits per heavy atom. The molecule has 2 aromatic rings. The number of anilines is 2. The predicted molar refractivity (Wildman–Crippen MR) is 102 cm³/mol. The second-order valence-electron chi connectivity index (χ2n) is 5.31. The number of phenols is 1. The quantitative estimate of drug-likeness (QED) is 0.632. The van der Waals surface area contributed by atoms with E-state index in [9.17, 15) is 9.90 Å². The molecular formula is C17H17N3O2S2. The van der Waals surface area contributed by atoms with Crippen LogP contribution in [-0.4, -0.2) is 39.2 Å². The van der Waals surface area contributed by atoms with Crippen molar-refractivity contribution in [1.29, 1.82) is 0 Å². The SMILES string of the molecule is CN(c1ccccc1)N1C(=O)C(CNc2ccc(O)cc2)SC1=S. The molecule has 0 spiro atoms. The minimum atomic E-state index is -0.280. The van der Waals surface area contributed by atoms with Gasteiger partial charge in [-0.15, -0.1) is 0 Å². The first kappa shape index (κ1) is 16.6. The summed E-state index contributed by atoms with van der Waals surface area (Å²) in [6, 6.07) is 16.4. The van der Waals surface area contributed by atoms with Crippen LogP contribution in [0.5, 0.6) is 5.75 Å². The molecule has 0 aliphatic carbocycles. The highest BCUT2D eigenvalue weighted by atomic mass is 32.2. The molecule has 5 nitrogen and oxygen atoms in total. The first-order valence-corrected chi connectivity index (χ1v) is 8.71. The maximum absolute atomic E-state index is 12.7. The second-order valence-corrected chi connectivity index (χ2v) is 7.15. The number of hydrogen-bond donors (Lipinski definition) is 2. The zero-order chi connectivity index (χ0) is 17.1. The molecule has 0 radical (unpaired) electrons. The highest BCUT2D eigenvalue weighted by Crippen LogP contribution is 2.30. The number of nitrogens with zero attached hydrogens (tertiary/aromatic N) is 2. The van der Waals surface area contributed by atoms with Crippen LogP contribution >= 0.6 is 24.0 Å². The van der Waals surface area contributed by atoms with Gasteiger partial charge in [-0.3, -0.25) is 9.80 Å². The van der Waals surface area contributed by atoms with E-state index in [1.165, 1.54) is 11.8 Å². The Kier molecular flexibility index (Phi) is 4.92. The monoisotopic (exact) mass is 359 g/mol. The maximum atomic E-state index is 12.7. The standard InChI is InChI=1S/C17H17N3O2S2/c1-19(13-5-3-2-4-6-13)20-16(22)15(24-17(20)23)11-18-12-7-9-14(21)10-8-12/h2-10,15,18,21H,11H2,1H3. The molecule has 1 fully saturated rings. The third-order valence-electron chi connectivity index (χ3n) is 3.69. The van der Waals surface area contributed by atoms with Crippen LogP contribution in [0.15, 0.2) is 54.6 Å². The van der Waals surface area contributed by atoms with Gasteiger partial charge in [-0.05, 0) is 36.4 Å². The van der Waals surface area contributed by atoms with Crippen molar-refractivity contribution >= 4 is 45.6 Å². The van der Waals surface area contributed by atoms with Crippen molar-refractivity contribution in [3.8, 4) is 5.75 Å². The Morgan fingerprint density at radius 1 is 1.21 bits per heavy atom. The topological polar surface area (TPSA) is 55.8 Å². The van der Waals surface area contributed by atoms with E-state index in [1.54, 1.807) is 34.3 Å². The van der Waals surface area contributed by atoms with Gasteiger partial charge in [0.15, 0.2) is 4.32 Å². The number of carbonyl (C=O) groups is 1. The van der Waals surface area contributed by atoms with Crippen LogP contribution in [0.25, 0.3) is 0 Å². The number of carbonyl (C=O) groups excluding carboxylic acids is 1. The molecule has 1 aliphatic heterocycles. The third-order valence-corrected chi connectivity index (χ3v) is 5.18. The van der Waals surface area contributed by atoms with Crippen molar-refractivity contribution in [2.75, 3.05) is 23.9 Å². The Balaban J connectivity index is 1.66. The van der Waals surface area contributed by atoms with Gasteiger partial charge in [-0.2, -0.15) is 0 Å². The molecular weight excluding hydrogens is 342 g/mol. The van der Waals surface area contributed by atoms with Gasteiger partial charge in [0.2, 0.25) is 0 Å². The number of para-hydroxylation sites is 1. The van der Waals surface area contributed by atoms with Crippen molar-refractivity contribution in [3.63, 3.8) is 0 Å². The van der Waals surface area contributed by atoms with Gasteiger partial charge in [-0.1, -0.05) is 42.2 Å². The number of hydrazine groups is 1. The summed E-state index contributed by atoms with van der Waals surface area (Å²) < 4.78 is 0.545. The van der Waals surface area contributed by atoms with E-state index in [4.69, 9.17) is 12.2 Å². The summed E-state index contributed by atoms with van der Waals surface area (Å²) in [5, 5.41) is 15.5. The van der Waals surface area contributed by atoms with E-state index in [-0.39, 0.29) is 16.9 Å². The van der Waals surface area contributed by atoms with Crippen LogP contribution in [0.3, 0.4) is 0 Å². The van der Waals surface area contributed by atoms with Gasteiger partial charge in [0, 0.05) is 19.3 Å². The Labute approximate surface area is 150 Å². The number of phenolic OH excluding ortho intramolecular Hbond substituents is 1. The minimum absolute atomic E-state index is 0.0392. The molecule has 2 N–H and O–H groups in total. The van der Waals surface area contributed by atoms with E-state index >= 15 is 0 Å². The lowest BCUT2D eigenvalue weighted by molar-refractivity contribution is -0.126. The average Bonchev–Trinajstić information content (AvgIpc) is 2.88. The number of aromatic hydroxyl groups is 1. The van der Waals surface area contributed by atoms with Gasteiger partial charge in [0.05, 0.1) is 5.69 Å². The molecule has 24 heavy (non-hydrogen) atoms. The molecule has 0 bridgehead atoms. The van der Waals surface area contributed by atoms with Gasteiger partial charge < -0.3 is 10.4 Å². The molecule has 1 atom stereocenters. The molecule has 1 amide bonds. The molecule has 0 saturated carbocycles. The van der Waals surface area contributed by atoms with Crippen LogP contribution < -0.4 is 10.3 Å². The number of hydrogen-bond acceptors (Lipinski definition) is 6. The van der Waals surface area contributed by atoms with Gasteiger partial charge in [-0.25, -0.2) is 5.01 Å². The fraction of sp³-hybridized carbons (Fsp3) is 0.176. The number of thioether (sulfide) groups is 1. The summed E-state index contributed by atoms with van der Waals surface area (Å²) in [5.41, 5.74) is 1.75. The van der Waals surface area contributed by atoms with Gasteiger partial charge >= 0.3 is 0 Å². The van der Waals surface area contributed by atoms with Crippen LogP contribution in [0.2, 0.25) is 0 Å². The number of rotatable bonds is 5. The summed E-state index contributed by atoms with van der Waals surface area (Å²) in [6.45, 7) is 0.466. The normalized spacial score (nSPS) is 17.2.